The summed E-state index contributed by atoms with van der Waals surface area (Å²) in [5, 5.41) is 2.09. The van der Waals surface area contributed by atoms with Gasteiger partial charge in [-0.2, -0.15) is 0 Å². The van der Waals surface area contributed by atoms with E-state index in [0.29, 0.717) is 12.3 Å². The molecule has 0 bridgehead atoms. The van der Waals surface area contributed by atoms with E-state index in [1.165, 1.54) is 11.3 Å². The number of hydrogen-bond acceptors (Lipinski definition) is 3. The Morgan fingerprint density at radius 1 is 1.55 bits per heavy atom. The van der Waals surface area contributed by atoms with E-state index in [0.717, 1.165) is 32.2 Å². The fraction of sp³-hybridized carbons (Fsp3) is 0.667. The third-order valence-corrected chi connectivity index (χ3v) is 4.81. The molecule has 114 valence electrons. The lowest BCUT2D eigenvalue weighted by atomic mass is 9.96. The molecule has 0 aromatic carbocycles. The fourth-order valence-corrected chi connectivity index (χ4v) is 3.58. The Morgan fingerprint density at radius 2 is 2.35 bits per heavy atom. The molecule has 0 aliphatic carbocycles. The van der Waals surface area contributed by atoms with Crippen molar-refractivity contribution in [2.45, 2.75) is 57.5 Å². The van der Waals surface area contributed by atoms with Crippen LogP contribution in [0.2, 0.25) is 0 Å². The lowest BCUT2D eigenvalue weighted by Crippen LogP contribution is -2.51. The van der Waals surface area contributed by atoms with Gasteiger partial charge in [-0.3, -0.25) is 4.79 Å². The van der Waals surface area contributed by atoms with Crippen LogP contribution in [0.15, 0.2) is 17.5 Å². The fourth-order valence-electron chi connectivity index (χ4n) is 2.83. The lowest BCUT2D eigenvalue weighted by Gasteiger charge is -2.38. The number of rotatable bonds is 5. The molecule has 0 spiro atoms. The zero-order chi connectivity index (χ0) is 13.7. The Labute approximate surface area is 131 Å². The van der Waals surface area contributed by atoms with Crippen LogP contribution < -0.4 is 5.73 Å². The average molecular weight is 317 g/mol. The van der Waals surface area contributed by atoms with E-state index in [4.69, 9.17) is 5.73 Å². The Morgan fingerprint density at radius 3 is 3.00 bits per heavy atom. The maximum absolute atomic E-state index is 12.3. The minimum atomic E-state index is 0. The van der Waals surface area contributed by atoms with E-state index in [9.17, 15) is 4.79 Å². The zero-order valence-corrected chi connectivity index (χ0v) is 13.7. The van der Waals surface area contributed by atoms with Crippen LogP contribution in [0.5, 0.6) is 0 Å². The van der Waals surface area contributed by atoms with Gasteiger partial charge in [-0.25, -0.2) is 0 Å². The van der Waals surface area contributed by atoms with Gasteiger partial charge in [-0.15, -0.1) is 23.7 Å². The second-order valence-corrected chi connectivity index (χ2v) is 6.47. The van der Waals surface area contributed by atoms with E-state index < -0.39 is 0 Å². The first kappa shape index (κ1) is 17.5. The van der Waals surface area contributed by atoms with Crippen molar-refractivity contribution in [3.05, 3.63) is 22.4 Å². The second-order valence-electron chi connectivity index (χ2n) is 5.44. The number of nitrogens with two attached hydrogens (primary N) is 1. The van der Waals surface area contributed by atoms with Crippen LogP contribution in [0.3, 0.4) is 0 Å². The Hall–Kier alpha value is -0.580. The summed E-state index contributed by atoms with van der Waals surface area (Å²) < 4.78 is 0. The van der Waals surface area contributed by atoms with E-state index in [1.54, 1.807) is 11.3 Å². The molecule has 2 rings (SSSR count). The number of hydrogen-bond donors (Lipinski definition) is 1. The lowest BCUT2D eigenvalue weighted by molar-refractivity contribution is -0.135. The highest BCUT2D eigenvalue weighted by molar-refractivity contribution is 7.09. The SMILES string of the molecule is CC(N)C1CCCCN1C(=O)CCCc1cccs1.Cl. The van der Waals surface area contributed by atoms with Crippen molar-refractivity contribution in [2.75, 3.05) is 6.54 Å². The molecular weight excluding hydrogens is 292 g/mol. The van der Waals surface area contributed by atoms with Crippen molar-refractivity contribution in [1.29, 1.82) is 0 Å². The summed E-state index contributed by atoms with van der Waals surface area (Å²) in [5.74, 6) is 0.290. The van der Waals surface area contributed by atoms with Crippen LogP contribution in [0.25, 0.3) is 0 Å². The minimum Gasteiger partial charge on any atom is -0.338 e. The van der Waals surface area contributed by atoms with Gasteiger partial charge in [0.1, 0.15) is 0 Å². The maximum atomic E-state index is 12.3. The van der Waals surface area contributed by atoms with Gasteiger partial charge in [0, 0.05) is 29.9 Å². The Bertz CT molecular complexity index is 395. The highest BCUT2D eigenvalue weighted by atomic mass is 35.5. The van der Waals surface area contributed by atoms with Crippen molar-refractivity contribution in [3.8, 4) is 0 Å². The molecule has 0 saturated carbocycles. The largest absolute Gasteiger partial charge is 0.338 e. The predicted octanol–water partition coefficient (Wildman–Crippen LogP) is 3.22. The molecule has 1 fully saturated rings. The van der Waals surface area contributed by atoms with E-state index in [2.05, 4.69) is 17.5 Å². The molecule has 2 unspecified atom stereocenters. The molecule has 2 atom stereocenters. The molecular formula is C15H25ClN2OS. The summed E-state index contributed by atoms with van der Waals surface area (Å²) in [6.45, 7) is 2.91. The van der Waals surface area contributed by atoms with Crippen LogP contribution in [-0.4, -0.2) is 29.4 Å². The molecule has 1 aromatic rings. The highest BCUT2D eigenvalue weighted by Crippen LogP contribution is 2.21. The summed E-state index contributed by atoms with van der Waals surface area (Å²) in [7, 11) is 0. The number of carbonyl (C=O) groups excluding carboxylic acids is 1. The summed E-state index contributed by atoms with van der Waals surface area (Å²) in [5.41, 5.74) is 6.01. The monoisotopic (exact) mass is 316 g/mol. The first-order chi connectivity index (χ1) is 9.18. The number of nitrogens with zero attached hydrogens (tertiary/aromatic N) is 1. The summed E-state index contributed by atoms with van der Waals surface area (Å²) >= 11 is 1.77. The van der Waals surface area contributed by atoms with Gasteiger partial charge in [-0.05, 0) is 50.5 Å². The maximum Gasteiger partial charge on any atom is 0.222 e. The highest BCUT2D eigenvalue weighted by Gasteiger charge is 2.28. The van der Waals surface area contributed by atoms with Crippen LogP contribution in [0.1, 0.15) is 43.9 Å². The van der Waals surface area contributed by atoms with Gasteiger partial charge >= 0.3 is 0 Å². The second kappa shape index (κ2) is 8.65. The van der Waals surface area contributed by atoms with Crippen molar-refractivity contribution in [3.63, 3.8) is 0 Å². The molecule has 2 N–H and O–H groups in total. The standard InChI is InChI=1S/C15H24N2OS.ClH/c1-12(16)14-8-2-3-10-17(14)15(18)9-4-6-13-7-5-11-19-13;/h5,7,11-12,14H,2-4,6,8-10,16H2,1H3;1H. The molecule has 2 heterocycles. The first-order valence-corrected chi connectivity index (χ1v) is 8.14. The third-order valence-electron chi connectivity index (χ3n) is 3.87. The number of aryl methyl sites for hydroxylation is 1. The molecule has 3 nitrogen and oxygen atoms in total. The third kappa shape index (κ3) is 4.76. The normalized spacial score (nSPS) is 20.3. The molecule has 1 saturated heterocycles. The van der Waals surface area contributed by atoms with Gasteiger partial charge in [0.15, 0.2) is 0 Å². The van der Waals surface area contributed by atoms with Gasteiger partial charge in [-0.1, -0.05) is 6.07 Å². The number of amides is 1. The molecule has 1 aliphatic rings. The molecule has 1 aliphatic heterocycles. The molecule has 0 radical (unpaired) electrons. The quantitative estimate of drug-likeness (QED) is 0.906. The van der Waals surface area contributed by atoms with Crippen molar-refractivity contribution in [1.82, 2.24) is 4.90 Å². The molecule has 20 heavy (non-hydrogen) atoms. The Kier molecular flexibility index (Phi) is 7.56. The van der Waals surface area contributed by atoms with E-state index in [-0.39, 0.29) is 24.5 Å². The average Bonchev–Trinajstić information content (AvgIpc) is 2.91. The molecule has 1 aromatic heterocycles. The van der Waals surface area contributed by atoms with Crippen LogP contribution in [0.4, 0.5) is 0 Å². The van der Waals surface area contributed by atoms with Crippen molar-refractivity contribution < 1.29 is 4.79 Å². The number of carbonyl (C=O) groups is 1. The molecule has 1 amide bonds. The van der Waals surface area contributed by atoms with Gasteiger partial charge in [0.05, 0.1) is 0 Å². The summed E-state index contributed by atoms with van der Waals surface area (Å²) in [6, 6.07) is 4.55. The van der Waals surface area contributed by atoms with E-state index >= 15 is 0 Å². The topological polar surface area (TPSA) is 46.3 Å². The van der Waals surface area contributed by atoms with Crippen molar-refractivity contribution in [2.24, 2.45) is 5.73 Å². The number of thiophene rings is 1. The number of piperidine rings is 1. The van der Waals surface area contributed by atoms with Crippen molar-refractivity contribution >= 4 is 29.7 Å². The summed E-state index contributed by atoms with van der Waals surface area (Å²) in [4.78, 5) is 15.7. The minimum absolute atomic E-state index is 0. The first-order valence-electron chi connectivity index (χ1n) is 7.26. The number of halogens is 1. The smallest absolute Gasteiger partial charge is 0.222 e. The van der Waals surface area contributed by atoms with E-state index in [1.807, 2.05) is 11.8 Å². The van der Waals surface area contributed by atoms with Gasteiger partial charge in [0.2, 0.25) is 5.91 Å². The zero-order valence-electron chi connectivity index (χ0n) is 12.1. The molecule has 5 heteroatoms. The predicted molar refractivity (Wildman–Crippen MR) is 87.5 cm³/mol. The van der Waals surface area contributed by atoms with Crippen LogP contribution in [-0.2, 0) is 11.2 Å². The van der Waals surface area contributed by atoms with Crippen LogP contribution in [0, 0.1) is 0 Å². The Balaban J connectivity index is 0.00000200. The number of likely N-dealkylation sites (tertiary alicyclic amines) is 1. The summed E-state index contributed by atoms with van der Waals surface area (Å²) in [6.07, 6.45) is 6.00. The van der Waals surface area contributed by atoms with Gasteiger partial charge in [0.25, 0.3) is 0 Å². The van der Waals surface area contributed by atoms with Crippen LogP contribution >= 0.6 is 23.7 Å². The van der Waals surface area contributed by atoms with Gasteiger partial charge < -0.3 is 10.6 Å².